The number of fused-ring (bicyclic) bond motifs is 1. The van der Waals surface area contributed by atoms with E-state index in [1.165, 1.54) is 6.07 Å². The predicted molar refractivity (Wildman–Crippen MR) is 220 cm³/mol. The van der Waals surface area contributed by atoms with E-state index in [4.69, 9.17) is 18.2 Å². The molecule has 59 heavy (non-hydrogen) atoms. The Labute approximate surface area is 348 Å². The highest BCUT2D eigenvalue weighted by atomic mass is 35.5. The zero-order valence-electron chi connectivity index (χ0n) is 33.2. The second-order valence-corrected chi connectivity index (χ2v) is 17.5. The number of piperidine rings is 3. The summed E-state index contributed by atoms with van der Waals surface area (Å²) in [6.45, 7) is 18.2. The number of piperazine rings is 1. The molecule has 5 saturated heterocycles. The first kappa shape index (κ1) is 39.3. The van der Waals surface area contributed by atoms with Crippen molar-refractivity contribution in [3.05, 3.63) is 81.5 Å². The molecule has 308 valence electrons. The van der Waals surface area contributed by atoms with Crippen LogP contribution in [0.25, 0.3) is 4.85 Å². The number of benzene rings is 2. The van der Waals surface area contributed by atoms with Gasteiger partial charge in [0.2, 0.25) is 17.5 Å². The summed E-state index contributed by atoms with van der Waals surface area (Å²) in [5.74, 6) is -2.11. The van der Waals surface area contributed by atoms with Crippen molar-refractivity contribution in [1.29, 1.82) is 0 Å². The van der Waals surface area contributed by atoms with Crippen LogP contribution in [0.2, 0.25) is 5.02 Å². The van der Waals surface area contributed by atoms with Crippen molar-refractivity contribution in [2.45, 2.75) is 76.5 Å². The van der Waals surface area contributed by atoms with E-state index >= 15 is 4.39 Å². The van der Waals surface area contributed by atoms with Crippen LogP contribution >= 0.6 is 11.6 Å². The molecule has 7 heterocycles. The van der Waals surface area contributed by atoms with Crippen molar-refractivity contribution in [2.75, 3.05) is 73.6 Å². The van der Waals surface area contributed by atoms with Gasteiger partial charge in [-0.2, -0.15) is 5.10 Å². The van der Waals surface area contributed by atoms with E-state index in [9.17, 15) is 19.2 Å². The number of amides is 4. The monoisotopic (exact) mass is 822 g/mol. The first-order valence-electron chi connectivity index (χ1n) is 20.8. The molecule has 14 nitrogen and oxygen atoms in total. The fourth-order valence-corrected chi connectivity index (χ4v) is 10.5. The zero-order chi connectivity index (χ0) is 41.0. The van der Waals surface area contributed by atoms with E-state index in [0.717, 1.165) is 113 Å². The molecular weight excluding hydrogens is 775 g/mol. The smallest absolute Gasteiger partial charge is 0.262 e. The highest BCUT2D eigenvalue weighted by Crippen LogP contribution is 2.46. The van der Waals surface area contributed by atoms with Gasteiger partial charge in [-0.25, -0.2) is 9.24 Å². The molecule has 16 heteroatoms. The summed E-state index contributed by atoms with van der Waals surface area (Å²) < 4.78 is 15.5. The lowest BCUT2D eigenvalue weighted by molar-refractivity contribution is -0.136. The van der Waals surface area contributed by atoms with Crippen LogP contribution in [0.4, 0.5) is 27.3 Å². The Bertz CT molecular complexity index is 2210. The molecule has 6 aliphatic heterocycles. The third kappa shape index (κ3) is 7.51. The summed E-state index contributed by atoms with van der Waals surface area (Å²) >= 11 is 6.38. The Morgan fingerprint density at radius 2 is 1.61 bits per heavy atom. The van der Waals surface area contributed by atoms with E-state index in [-0.39, 0.29) is 35.1 Å². The van der Waals surface area contributed by atoms with Gasteiger partial charge in [0.1, 0.15) is 11.9 Å². The number of aromatic nitrogens is 2. The van der Waals surface area contributed by atoms with Crippen LogP contribution < -0.4 is 20.0 Å². The fraction of sp³-hybridized carbons (Fsp3) is 0.512. The second-order valence-electron chi connectivity index (χ2n) is 17.1. The molecule has 2 atom stereocenters. The number of rotatable bonds is 7. The molecule has 5 fully saturated rings. The van der Waals surface area contributed by atoms with E-state index in [1.54, 1.807) is 0 Å². The van der Waals surface area contributed by atoms with Crippen molar-refractivity contribution in [3.63, 3.8) is 0 Å². The Hall–Kier alpha value is -5.17. The summed E-state index contributed by atoms with van der Waals surface area (Å²) in [4.78, 5) is 66.6. The van der Waals surface area contributed by atoms with Crippen molar-refractivity contribution in [3.8, 4) is 0 Å². The summed E-state index contributed by atoms with van der Waals surface area (Å²) in [5.41, 5.74) is 3.13. The van der Waals surface area contributed by atoms with E-state index in [0.29, 0.717) is 35.9 Å². The van der Waals surface area contributed by atoms with Crippen LogP contribution in [0.5, 0.6) is 0 Å². The quantitative estimate of drug-likeness (QED) is 0.258. The second kappa shape index (κ2) is 15.8. The first-order chi connectivity index (χ1) is 28.5. The maximum absolute atomic E-state index is 15.5. The lowest BCUT2D eigenvalue weighted by Gasteiger charge is -2.43. The largest absolute Gasteiger partial charge is 0.369 e. The molecule has 0 aliphatic carbocycles. The molecule has 1 unspecified atom stereocenters. The van der Waals surface area contributed by atoms with Crippen molar-refractivity contribution >= 4 is 58.1 Å². The van der Waals surface area contributed by atoms with Crippen molar-refractivity contribution in [2.24, 2.45) is 5.41 Å². The average Bonchev–Trinajstić information content (AvgIpc) is 3.68. The van der Waals surface area contributed by atoms with Gasteiger partial charge in [0, 0.05) is 94.7 Å². The number of nitrogens with zero attached hydrogens (tertiary/aromatic N) is 9. The molecular formula is C43H48ClFN10O4. The molecule has 4 amide bonds. The minimum atomic E-state index is -1.09. The molecule has 6 aliphatic rings. The van der Waals surface area contributed by atoms with E-state index < -0.39 is 35.5 Å². The third-order valence-corrected chi connectivity index (χ3v) is 13.9. The minimum absolute atomic E-state index is 0.0262. The van der Waals surface area contributed by atoms with E-state index in [2.05, 4.69) is 59.0 Å². The van der Waals surface area contributed by atoms with E-state index in [1.807, 2.05) is 23.1 Å². The van der Waals surface area contributed by atoms with Crippen LogP contribution in [0, 0.1) is 17.8 Å². The Morgan fingerprint density at radius 3 is 2.27 bits per heavy atom. The Balaban J connectivity index is 0.730. The SMILES string of the molecule is [C-]#[N+]c1ccc(N2CC3(CCN(c4ccc(CN5CCN(C6CCN(c7cc8c(cc7F)C(=O)N(C7CCC(=O)NC7=O)C8=O)CC6)CC5)nn4)CC3)C[C@@H]2C)cc1Cl. The number of hydrogen-bond donors (Lipinski definition) is 1. The van der Waals surface area contributed by atoms with Crippen molar-refractivity contribution < 1.29 is 23.6 Å². The van der Waals surface area contributed by atoms with Crippen LogP contribution in [0.15, 0.2) is 42.5 Å². The molecule has 3 aromatic rings. The van der Waals surface area contributed by atoms with Gasteiger partial charge in [0.15, 0.2) is 5.82 Å². The Morgan fingerprint density at radius 1 is 0.881 bits per heavy atom. The number of halogens is 2. The molecule has 0 bridgehead atoms. The number of hydrogen-bond acceptors (Lipinski definition) is 11. The number of anilines is 3. The maximum Gasteiger partial charge on any atom is 0.262 e. The van der Waals surface area contributed by atoms with Crippen LogP contribution in [-0.2, 0) is 16.1 Å². The van der Waals surface area contributed by atoms with Crippen molar-refractivity contribution in [1.82, 2.24) is 30.2 Å². The van der Waals surface area contributed by atoms with Crippen LogP contribution in [-0.4, -0.2) is 126 Å². The van der Waals surface area contributed by atoms with Gasteiger partial charge in [-0.3, -0.25) is 39.2 Å². The predicted octanol–water partition coefficient (Wildman–Crippen LogP) is 4.89. The van der Waals surface area contributed by atoms with Gasteiger partial charge < -0.3 is 14.7 Å². The van der Waals surface area contributed by atoms with Gasteiger partial charge in [0.05, 0.1) is 29.1 Å². The normalized spacial score (nSPS) is 24.2. The summed E-state index contributed by atoms with van der Waals surface area (Å²) in [7, 11) is 0. The van der Waals surface area contributed by atoms with Gasteiger partial charge in [-0.15, -0.1) is 5.10 Å². The zero-order valence-corrected chi connectivity index (χ0v) is 34.0. The molecule has 1 spiro atoms. The summed E-state index contributed by atoms with van der Waals surface area (Å²) in [6.07, 6.45) is 5.10. The average molecular weight is 823 g/mol. The number of carbonyl (C=O) groups excluding carboxylic acids is 4. The fourth-order valence-electron chi connectivity index (χ4n) is 10.3. The standard InChI is InChI=1S/C43H48ClFN10O4/c1-27-24-43(26-54(27)30-4-5-35(46-2)33(44)21-30)11-15-53(16-12-43)38-7-3-28(48-49-38)25-50-17-19-51(20-18-50)29-9-13-52(14-10-29)37-23-32-31(22-34(37)45)41(58)55(42(32)59)36-6-8-39(56)47-40(36)57/h3-5,7,21-23,27,29,36H,6,8-20,24-26H2,1H3,(H,47,56,57)/t27-,36?/m0/s1. The highest BCUT2D eigenvalue weighted by Gasteiger charge is 2.46. The molecule has 9 rings (SSSR count). The number of carbonyl (C=O) groups is 4. The molecule has 1 N–H and O–H groups in total. The van der Waals surface area contributed by atoms with Gasteiger partial charge in [-0.05, 0) is 87.3 Å². The molecule has 0 saturated carbocycles. The van der Waals surface area contributed by atoms with Gasteiger partial charge in [0.25, 0.3) is 11.8 Å². The lowest BCUT2D eigenvalue weighted by Crippen LogP contribution is -2.54. The maximum atomic E-state index is 15.5. The molecule has 1 aromatic heterocycles. The van der Waals surface area contributed by atoms with Gasteiger partial charge in [-0.1, -0.05) is 17.7 Å². The first-order valence-corrected chi connectivity index (χ1v) is 21.1. The summed E-state index contributed by atoms with van der Waals surface area (Å²) in [6, 6.07) is 12.3. The molecule has 2 aromatic carbocycles. The highest BCUT2D eigenvalue weighted by molar-refractivity contribution is 6.33. The van der Waals surface area contributed by atoms with Crippen LogP contribution in [0.3, 0.4) is 0 Å². The summed E-state index contributed by atoms with van der Waals surface area (Å²) in [5, 5.41) is 12.0. The molecule has 0 radical (unpaired) electrons. The lowest BCUT2D eigenvalue weighted by atomic mass is 9.77. The Kier molecular flexibility index (Phi) is 10.5. The van der Waals surface area contributed by atoms with Crippen LogP contribution in [0.1, 0.15) is 78.3 Å². The third-order valence-electron chi connectivity index (χ3n) is 13.6. The minimum Gasteiger partial charge on any atom is -0.369 e. The topological polar surface area (TPSA) is 130 Å². The number of nitrogens with one attached hydrogen (secondary N) is 1. The number of imide groups is 2. The van der Waals surface area contributed by atoms with Gasteiger partial charge >= 0.3 is 0 Å².